The number of amides is 2. The summed E-state index contributed by atoms with van der Waals surface area (Å²) >= 11 is 11.6. The first-order valence-electron chi connectivity index (χ1n) is 11.1. The predicted octanol–water partition coefficient (Wildman–Crippen LogP) is 5.17. The second kappa shape index (κ2) is 10.8. The molecule has 188 valence electrons. The van der Waals surface area contributed by atoms with Crippen molar-refractivity contribution in [2.24, 2.45) is 0 Å². The van der Waals surface area contributed by atoms with Gasteiger partial charge in [-0.3, -0.25) is 9.59 Å². The van der Waals surface area contributed by atoms with Crippen LogP contribution in [0, 0.1) is 11.6 Å². The van der Waals surface area contributed by atoms with Crippen LogP contribution >= 0.6 is 23.2 Å². The molecule has 2 aliphatic rings. The van der Waals surface area contributed by atoms with E-state index >= 15 is 0 Å². The van der Waals surface area contributed by atoms with Crippen LogP contribution in [-0.4, -0.2) is 30.1 Å². The van der Waals surface area contributed by atoms with Gasteiger partial charge in [0.15, 0.2) is 11.6 Å². The molecule has 1 saturated heterocycles. The van der Waals surface area contributed by atoms with Gasteiger partial charge in [0.1, 0.15) is 17.8 Å². The van der Waals surface area contributed by atoms with Crippen LogP contribution in [0.1, 0.15) is 30.0 Å². The summed E-state index contributed by atoms with van der Waals surface area (Å²) in [4.78, 5) is 25.3. The van der Waals surface area contributed by atoms with Crippen molar-refractivity contribution in [3.8, 4) is 5.75 Å². The number of halogens is 4. The fourth-order valence-electron chi connectivity index (χ4n) is 4.54. The summed E-state index contributed by atoms with van der Waals surface area (Å²) in [6.45, 7) is -0.507. The van der Waals surface area contributed by atoms with Gasteiger partial charge in [0.2, 0.25) is 11.8 Å². The van der Waals surface area contributed by atoms with E-state index in [4.69, 9.17) is 33.0 Å². The summed E-state index contributed by atoms with van der Waals surface area (Å²) in [6.07, 6.45) is 0.134. The average molecular weight is 535 g/mol. The first-order chi connectivity index (χ1) is 17.3. The van der Waals surface area contributed by atoms with E-state index in [1.165, 1.54) is 6.07 Å². The summed E-state index contributed by atoms with van der Waals surface area (Å²) in [5.41, 5.74) is -0.642. The minimum absolute atomic E-state index is 0.0375. The van der Waals surface area contributed by atoms with E-state index in [9.17, 15) is 18.4 Å². The number of carbonyl (C=O) groups excluding carboxylic acids is 2. The Balaban J connectivity index is 0.000000375. The van der Waals surface area contributed by atoms with Crippen LogP contribution in [0.2, 0.25) is 10.0 Å². The van der Waals surface area contributed by atoms with E-state index in [-0.39, 0.29) is 37.4 Å². The maximum absolute atomic E-state index is 15.0. The number of anilines is 1. The van der Waals surface area contributed by atoms with Gasteiger partial charge in [0.25, 0.3) is 0 Å². The normalized spacial score (nSPS) is 20.2. The summed E-state index contributed by atoms with van der Waals surface area (Å²) in [5, 5.41) is 15.6. The molecule has 2 atom stereocenters. The molecule has 1 fully saturated rings. The van der Waals surface area contributed by atoms with Crippen molar-refractivity contribution in [2.75, 3.05) is 18.5 Å². The molecule has 36 heavy (non-hydrogen) atoms. The number of rotatable bonds is 4. The van der Waals surface area contributed by atoms with Crippen molar-refractivity contribution in [3.05, 3.63) is 93.5 Å². The molecule has 0 radical (unpaired) electrons. The van der Waals surface area contributed by atoms with E-state index in [0.717, 1.165) is 11.1 Å². The second-order valence-electron chi connectivity index (χ2n) is 8.26. The molecule has 2 amide bonds. The van der Waals surface area contributed by atoms with Crippen LogP contribution in [0.5, 0.6) is 5.75 Å². The Morgan fingerprint density at radius 3 is 2.44 bits per heavy atom. The van der Waals surface area contributed by atoms with E-state index in [1.54, 1.807) is 18.2 Å². The first-order valence-corrected chi connectivity index (χ1v) is 11.9. The number of piperidine rings is 1. The molecule has 0 bridgehead atoms. The highest BCUT2D eigenvalue weighted by molar-refractivity contribution is 6.31. The number of carbonyl (C=O) groups is 2. The third-order valence-electron chi connectivity index (χ3n) is 6.12. The molecule has 0 saturated carbocycles. The van der Waals surface area contributed by atoms with Gasteiger partial charge in [-0.15, -0.1) is 0 Å². The van der Waals surface area contributed by atoms with E-state index in [0.29, 0.717) is 16.3 Å². The third kappa shape index (κ3) is 4.89. The largest absolute Gasteiger partial charge is 0.491 e. The molecule has 10 heteroatoms. The molecule has 3 N–H and O–H groups in total. The lowest BCUT2D eigenvalue weighted by Gasteiger charge is -2.40. The second-order valence-corrected chi connectivity index (χ2v) is 9.13. The van der Waals surface area contributed by atoms with Crippen LogP contribution in [0.4, 0.5) is 14.5 Å². The van der Waals surface area contributed by atoms with Gasteiger partial charge >= 0.3 is 0 Å². The molecule has 3 aromatic carbocycles. The quantitative estimate of drug-likeness (QED) is 0.430. The van der Waals surface area contributed by atoms with Gasteiger partial charge in [-0.25, -0.2) is 8.78 Å². The Hall–Kier alpha value is -3.20. The van der Waals surface area contributed by atoms with Crippen LogP contribution in [-0.2, 0) is 15.0 Å². The van der Waals surface area contributed by atoms with Gasteiger partial charge < -0.3 is 20.5 Å². The zero-order valence-electron chi connectivity index (χ0n) is 18.9. The maximum Gasteiger partial charge on any atom is 0.237 e. The number of benzene rings is 3. The molecule has 1 spiro atoms. The Morgan fingerprint density at radius 1 is 1.03 bits per heavy atom. The topological polar surface area (TPSA) is 87.7 Å². The lowest BCUT2D eigenvalue weighted by Crippen LogP contribution is -2.53. The summed E-state index contributed by atoms with van der Waals surface area (Å²) in [5.74, 6) is -3.26. The van der Waals surface area contributed by atoms with Crippen LogP contribution in [0.25, 0.3) is 0 Å². The van der Waals surface area contributed by atoms with Crippen molar-refractivity contribution < 1.29 is 28.2 Å². The van der Waals surface area contributed by atoms with Crippen molar-refractivity contribution in [1.82, 2.24) is 5.32 Å². The highest BCUT2D eigenvalue weighted by atomic mass is 35.5. The minimum atomic E-state index is -1.36. The number of hydrogen-bond donors (Lipinski definition) is 3. The fourth-order valence-corrected chi connectivity index (χ4v) is 4.86. The Bertz CT molecular complexity index is 1290. The van der Waals surface area contributed by atoms with Gasteiger partial charge in [-0.2, -0.15) is 0 Å². The Kier molecular flexibility index (Phi) is 7.78. The Labute approximate surface area is 216 Å². The van der Waals surface area contributed by atoms with E-state index in [2.05, 4.69) is 10.6 Å². The zero-order valence-corrected chi connectivity index (χ0v) is 20.4. The molecular weight excluding hydrogens is 513 g/mol. The standard InChI is InChI=1S/C20H17ClF2N2O4.C6H5Cl/c21-10-1-2-11-13(9-10)24-19(28)20(11)6-5-15(27)25-18(20)16-14(29-8-7-26)4-3-12(22)17(16)23;7-6-4-2-1-3-5-6/h1-4,9,18,26H,5-8H2,(H,24,28)(H,25,27);1-5H/t18-,20-;/m1./s1. The number of nitrogens with one attached hydrogen (secondary N) is 2. The van der Waals surface area contributed by atoms with Crippen molar-refractivity contribution in [2.45, 2.75) is 24.3 Å². The maximum atomic E-state index is 15.0. The summed E-state index contributed by atoms with van der Waals surface area (Å²) in [7, 11) is 0. The Morgan fingerprint density at radius 2 is 1.78 bits per heavy atom. The SMILES string of the molecule is Clc1ccccc1.O=C1CC[C@]2(C(=O)Nc3cc(Cl)ccc32)[C@@H](c2c(OCCO)ccc(F)c2F)N1. The number of hydrogen-bond acceptors (Lipinski definition) is 4. The van der Waals surface area contributed by atoms with E-state index in [1.807, 2.05) is 30.3 Å². The van der Waals surface area contributed by atoms with Gasteiger partial charge in [-0.1, -0.05) is 47.5 Å². The molecule has 2 aliphatic heterocycles. The predicted molar refractivity (Wildman–Crippen MR) is 132 cm³/mol. The minimum Gasteiger partial charge on any atom is -0.491 e. The number of aliphatic hydroxyl groups excluding tert-OH is 1. The number of aliphatic hydroxyl groups is 1. The molecular formula is C26H22Cl2F2N2O4. The van der Waals surface area contributed by atoms with Crippen molar-refractivity contribution >= 4 is 40.7 Å². The van der Waals surface area contributed by atoms with E-state index < -0.39 is 34.9 Å². The van der Waals surface area contributed by atoms with Gasteiger partial charge in [-0.05, 0) is 48.4 Å². The molecule has 2 heterocycles. The summed E-state index contributed by atoms with van der Waals surface area (Å²) in [6, 6.07) is 15.2. The highest BCUT2D eigenvalue weighted by Gasteiger charge is 2.56. The molecule has 3 aromatic rings. The summed E-state index contributed by atoms with van der Waals surface area (Å²) < 4.78 is 34.5. The molecule has 0 aromatic heterocycles. The average Bonchev–Trinajstić information content (AvgIpc) is 3.13. The zero-order chi connectivity index (χ0) is 25.9. The van der Waals surface area contributed by atoms with Crippen LogP contribution in [0.3, 0.4) is 0 Å². The monoisotopic (exact) mass is 534 g/mol. The van der Waals surface area contributed by atoms with Gasteiger partial charge in [0, 0.05) is 22.2 Å². The van der Waals surface area contributed by atoms with Crippen LogP contribution < -0.4 is 15.4 Å². The first kappa shape index (κ1) is 25.9. The fraction of sp³-hybridized carbons (Fsp3) is 0.231. The van der Waals surface area contributed by atoms with Crippen molar-refractivity contribution in [3.63, 3.8) is 0 Å². The lowest BCUT2D eigenvalue weighted by molar-refractivity contribution is -0.130. The van der Waals surface area contributed by atoms with Crippen LogP contribution in [0.15, 0.2) is 60.7 Å². The third-order valence-corrected chi connectivity index (χ3v) is 6.61. The lowest BCUT2D eigenvalue weighted by atomic mass is 9.67. The molecule has 0 aliphatic carbocycles. The smallest absolute Gasteiger partial charge is 0.237 e. The number of ether oxygens (including phenoxy) is 1. The number of fused-ring (bicyclic) bond motifs is 2. The highest BCUT2D eigenvalue weighted by Crippen LogP contribution is 2.53. The van der Waals surface area contributed by atoms with Crippen molar-refractivity contribution in [1.29, 1.82) is 0 Å². The molecule has 6 nitrogen and oxygen atoms in total. The van der Waals surface area contributed by atoms with Gasteiger partial charge in [0.05, 0.1) is 18.2 Å². The molecule has 5 rings (SSSR count). The molecule has 0 unspecified atom stereocenters.